The van der Waals surface area contributed by atoms with Gasteiger partial charge in [-0.05, 0) is 74.2 Å². The van der Waals surface area contributed by atoms with E-state index in [1.54, 1.807) is 6.20 Å². The summed E-state index contributed by atoms with van der Waals surface area (Å²) in [6, 6.07) is 18.7. The third-order valence-electron chi connectivity index (χ3n) is 6.31. The number of ether oxygens (including phenoxy) is 3. The fourth-order valence-electron chi connectivity index (χ4n) is 4.25. The molecule has 3 rings (SSSR count). The summed E-state index contributed by atoms with van der Waals surface area (Å²) in [5.41, 5.74) is 8.80. The third-order valence-corrected chi connectivity index (χ3v) is 6.31. The molecule has 6 nitrogen and oxygen atoms in total. The summed E-state index contributed by atoms with van der Waals surface area (Å²) in [4.78, 5) is 8.70. The Morgan fingerprint density at radius 2 is 1.49 bits per heavy atom. The second kappa shape index (κ2) is 12.9. The number of hydrogen-bond acceptors (Lipinski definition) is 6. The molecule has 0 saturated carbocycles. The molecule has 6 heteroatoms. The Bertz CT molecular complexity index is 1060. The van der Waals surface area contributed by atoms with Crippen LogP contribution in [0, 0.1) is 0 Å². The van der Waals surface area contributed by atoms with Crippen molar-refractivity contribution < 1.29 is 14.2 Å². The van der Waals surface area contributed by atoms with E-state index in [2.05, 4.69) is 66.8 Å². The quantitative estimate of drug-likeness (QED) is 0.231. The number of hydrogen-bond donors (Lipinski definition) is 1. The Morgan fingerprint density at radius 1 is 0.886 bits per heavy atom. The van der Waals surface area contributed by atoms with Crippen molar-refractivity contribution in [3.8, 4) is 11.5 Å². The van der Waals surface area contributed by atoms with Gasteiger partial charge in [0.25, 0.3) is 0 Å². The summed E-state index contributed by atoms with van der Waals surface area (Å²) in [6.07, 6.45) is 4.53. The van der Waals surface area contributed by atoms with Gasteiger partial charge < -0.3 is 19.9 Å². The van der Waals surface area contributed by atoms with Crippen LogP contribution in [0.5, 0.6) is 11.5 Å². The van der Waals surface area contributed by atoms with E-state index >= 15 is 0 Å². The number of nitrogens with zero attached hydrogens (tertiary/aromatic N) is 2. The standard InChI is InChI=1S/C29H37N3O3/c1-5-29(6-2,23-9-13-26(14-10-23)34-20-8-18-30)24-11-15-27(16-12-24)35-21-25-17-19-31-28(32-25)22(4)33-7-3/h9-17,19H,4-8,18,20-21,30H2,1-3H3. The maximum Gasteiger partial charge on any atom is 0.194 e. The zero-order valence-corrected chi connectivity index (χ0v) is 21.1. The largest absolute Gasteiger partial charge is 0.494 e. The first kappa shape index (κ1) is 26.2. The van der Waals surface area contributed by atoms with E-state index in [0.29, 0.717) is 37.9 Å². The van der Waals surface area contributed by atoms with Crippen LogP contribution in [0.1, 0.15) is 62.7 Å². The molecule has 0 saturated heterocycles. The Balaban J connectivity index is 1.71. The van der Waals surface area contributed by atoms with Crippen LogP contribution in [-0.2, 0) is 16.8 Å². The van der Waals surface area contributed by atoms with E-state index in [0.717, 1.165) is 36.5 Å². The molecule has 0 unspecified atom stereocenters. The SMILES string of the molecule is C=C(OCC)c1nccc(COc2ccc(C(CC)(CC)c3ccc(OCCCN)cc3)cc2)n1. The molecule has 1 heterocycles. The third kappa shape index (κ3) is 6.61. The summed E-state index contributed by atoms with van der Waals surface area (Å²) >= 11 is 0. The minimum atomic E-state index is -0.0739. The van der Waals surface area contributed by atoms with Crippen LogP contribution in [0.25, 0.3) is 5.76 Å². The molecule has 0 aliphatic rings. The van der Waals surface area contributed by atoms with Crippen molar-refractivity contribution >= 4 is 5.76 Å². The molecule has 3 aromatic rings. The van der Waals surface area contributed by atoms with Gasteiger partial charge in [-0.15, -0.1) is 0 Å². The summed E-state index contributed by atoms with van der Waals surface area (Å²) < 4.78 is 17.2. The summed E-state index contributed by atoms with van der Waals surface area (Å²) in [7, 11) is 0. The predicted molar refractivity (Wildman–Crippen MR) is 140 cm³/mol. The number of nitrogens with two attached hydrogens (primary N) is 1. The Hall–Kier alpha value is -3.38. The molecule has 0 amide bonds. The van der Waals surface area contributed by atoms with Gasteiger partial charge in [-0.2, -0.15) is 0 Å². The van der Waals surface area contributed by atoms with Gasteiger partial charge in [0.05, 0.1) is 18.9 Å². The monoisotopic (exact) mass is 475 g/mol. The minimum absolute atomic E-state index is 0.0739. The van der Waals surface area contributed by atoms with Gasteiger partial charge in [-0.25, -0.2) is 9.97 Å². The molecule has 2 N–H and O–H groups in total. The number of rotatable bonds is 14. The topological polar surface area (TPSA) is 79.5 Å². The average Bonchev–Trinajstić information content (AvgIpc) is 2.90. The molecule has 0 aliphatic heterocycles. The fraction of sp³-hybridized carbons (Fsp3) is 0.379. The lowest BCUT2D eigenvalue weighted by atomic mass is 9.70. The van der Waals surface area contributed by atoms with Crippen molar-refractivity contribution in [2.24, 2.45) is 5.73 Å². The Kier molecular flexibility index (Phi) is 9.67. The highest BCUT2D eigenvalue weighted by Crippen LogP contribution is 2.40. The van der Waals surface area contributed by atoms with Crippen LogP contribution in [-0.4, -0.2) is 29.7 Å². The van der Waals surface area contributed by atoms with E-state index in [9.17, 15) is 0 Å². The predicted octanol–water partition coefficient (Wildman–Crippen LogP) is 5.90. The van der Waals surface area contributed by atoms with Crippen molar-refractivity contribution in [2.45, 2.75) is 52.1 Å². The van der Waals surface area contributed by atoms with Crippen LogP contribution in [0.3, 0.4) is 0 Å². The van der Waals surface area contributed by atoms with Crippen molar-refractivity contribution in [1.82, 2.24) is 9.97 Å². The highest BCUT2D eigenvalue weighted by molar-refractivity contribution is 5.49. The van der Waals surface area contributed by atoms with Crippen molar-refractivity contribution in [1.29, 1.82) is 0 Å². The maximum absolute atomic E-state index is 6.00. The van der Waals surface area contributed by atoms with E-state index in [-0.39, 0.29) is 5.41 Å². The van der Waals surface area contributed by atoms with Crippen LogP contribution < -0.4 is 15.2 Å². The van der Waals surface area contributed by atoms with Gasteiger partial charge in [0.2, 0.25) is 0 Å². The van der Waals surface area contributed by atoms with E-state index in [1.165, 1.54) is 11.1 Å². The average molecular weight is 476 g/mol. The Morgan fingerprint density at radius 3 is 2.03 bits per heavy atom. The van der Waals surface area contributed by atoms with Gasteiger partial charge in [-0.3, -0.25) is 0 Å². The normalized spacial score (nSPS) is 11.2. The molecular formula is C29H37N3O3. The smallest absolute Gasteiger partial charge is 0.194 e. The summed E-state index contributed by atoms with van der Waals surface area (Å²) in [6.45, 7) is 12.4. The molecule has 35 heavy (non-hydrogen) atoms. The van der Waals surface area contributed by atoms with E-state index in [4.69, 9.17) is 19.9 Å². The minimum Gasteiger partial charge on any atom is -0.494 e. The van der Waals surface area contributed by atoms with Crippen LogP contribution in [0.15, 0.2) is 67.4 Å². The first-order valence-electron chi connectivity index (χ1n) is 12.4. The second-order valence-electron chi connectivity index (χ2n) is 8.35. The first-order valence-corrected chi connectivity index (χ1v) is 12.4. The highest BCUT2D eigenvalue weighted by Gasteiger charge is 2.30. The molecule has 0 fully saturated rings. The molecule has 1 aromatic heterocycles. The van der Waals surface area contributed by atoms with Crippen molar-refractivity contribution in [2.75, 3.05) is 19.8 Å². The number of benzene rings is 2. The zero-order valence-electron chi connectivity index (χ0n) is 21.1. The lowest BCUT2D eigenvalue weighted by Gasteiger charge is -2.33. The van der Waals surface area contributed by atoms with Gasteiger partial charge in [0.15, 0.2) is 11.6 Å². The summed E-state index contributed by atoms with van der Waals surface area (Å²) in [5.74, 6) is 2.62. The molecule has 2 aromatic carbocycles. The lowest BCUT2D eigenvalue weighted by molar-refractivity contribution is 0.291. The molecule has 0 radical (unpaired) electrons. The molecular weight excluding hydrogens is 438 g/mol. The molecule has 0 atom stereocenters. The lowest BCUT2D eigenvalue weighted by Crippen LogP contribution is -2.26. The fourth-order valence-corrected chi connectivity index (χ4v) is 4.25. The Labute approximate surface area is 209 Å². The van der Waals surface area contributed by atoms with Crippen molar-refractivity contribution in [3.05, 3.63) is 90.0 Å². The van der Waals surface area contributed by atoms with E-state index in [1.807, 2.05) is 25.1 Å². The van der Waals surface area contributed by atoms with Crippen molar-refractivity contribution in [3.63, 3.8) is 0 Å². The van der Waals surface area contributed by atoms with Gasteiger partial charge >= 0.3 is 0 Å². The van der Waals surface area contributed by atoms with Gasteiger partial charge in [-0.1, -0.05) is 44.7 Å². The molecule has 0 spiro atoms. The molecule has 186 valence electrons. The zero-order chi connectivity index (χ0) is 25.1. The van der Waals surface area contributed by atoms with E-state index < -0.39 is 0 Å². The van der Waals surface area contributed by atoms with Gasteiger partial charge in [0, 0.05) is 11.6 Å². The second-order valence-corrected chi connectivity index (χ2v) is 8.35. The number of aromatic nitrogens is 2. The van der Waals surface area contributed by atoms with Crippen LogP contribution in [0.4, 0.5) is 0 Å². The van der Waals surface area contributed by atoms with Crippen LogP contribution in [0.2, 0.25) is 0 Å². The highest BCUT2D eigenvalue weighted by atomic mass is 16.5. The molecule has 0 bridgehead atoms. The maximum atomic E-state index is 6.00. The summed E-state index contributed by atoms with van der Waals surface area (Å²) in [5, 5.41) is 0. The van der Waals surface area contributed by atoms with Gasteiger partial charge in [0.1, 0.15) is 18.1 Å². The van der Waals surface area contributed by atoms with Crippen LogP contribution >= 0.6 is 0 Å². The first-order chi connectivity index (χ1) is 17.1. The molecule has 0 aliphatic carbocycles.